The van der Waals surface area contributed by atoms with Crippen LogP contribution in [0.5, 0.6) is 5.75 Å². The molecule has 164 valence electrons. The number of nitrogens with zero attached hydrogens (tertiary/aromatic N) is 1. The largest absolute Gasteiger partial charge is 0.497 e. The average Bonchev–Trinajstić information content (AvgIpc) is 3.06. The molecule has 3 rings (SSSR count). The minimum absolute atomic E-state index is 0. The Kier molecular flexibility index (Phi) is 9.48. The van der Waals surface area contributed by atoms with Crippen LogP contribution in [0, 0.1) is 0 Å². The highest BCUT2D eigenvalue weighted by molar-refractivity contribution is 7.99. The molecule has 1 aromatic carbocycles. The second kappa shape index (κ2) is 11.6. The summed E-state index contributed by atoms with van der Waals surface area (Å²) in [5, 5.41) is 3.52. The smallest absolute Gasteiger partial charge is 0.251 e. The first-order valence-corrected chi connectivity index (χ1v) is 11.6. The third kappa shape index (κ3) is 6.14. The standard InChI is InChI=1S/C21H27N3O3S2.ClH/c1-3-10-24-11-8-16-17(13-24)29-21(19(16)20(22)26)23-18(25)9-12-28-15-6-4-14(27-2)5-7-15;/h4-7H,3,8-13H2,1-2H3,(H2,22,26)(H,23,25);1H. The maximum Gasteiger partial charge on any atom is 0.251 e. The maximum atomic E-state index is 12.5. The van der Waals surface area contributed by atoms with E-state index < -0.39 is 5.91 Å². The number of hydrogen-bond donors (Lipinski definition) is 2. The van der Waals surface area contributed by atoms with E-state index in [1.165, 1.54) is 11.3 Å². The van der Waals surface area contributed by atoms with E-state index in [1.54, 1.807) is 18.9 Å². The summed E-state index contributed by atoms with van der Waals surface area (Å²) in [6, 6.07) is 7.75. The Labute approximate surface area is 191 Å². The van der Waals surface area contributed by atoms with Gasteiger partial charge in [0.25, 0.3) is 5.91 Å². The number of nitrogens with one attached hydrogen (secondary N) is 1. The topological polar surface area (TPSA) is 84.7 Å². The highest BCUT2D eigenvalue weighted by atomic mass is 35.5. The number of methoxy groups -OCH3 is 1. The molecule has 6 nitrogen and oxygen atoms in total. The second-order valence-electron chi connectivity index (χ2n) is 6.92. The molecule has 0 atom stereocenters. The number of thioether (sulfide) groups is 1. The van der Waals surface area contributed by atoms with Gasteiger partial charge in [0.1, 0.15) is 10.8 Å². The summed E-state index contributed by atoms with van der Waals surface area (Å²) in [4.78, 5) is 29.1. The molecule has 1 aliphatic rings. The van der Waals surface area contributed by atoms with Crippen LogP contribution in [0.3, 0.4) is 0 Å². The summed E-state index contributed by atoms with van der Waals surface area (Å²) in [6.07, 6.45) is 2.26. The predicted molar refractivity (Wildman–Crippen MR) is 126 cm³/mol. The number of ether oxygens (including phenoxy) is 1. The van der Waals surface area contributed by atoms with Crippen molar-refractivity contribution in [1.82, 2.24) is 4.90 Å². The zero-order valence-corrected chi connectivity index (χ0v) is 19.7. The fourth-order valence-corrected chi connectivity index (χ4v) is 5.60. The molecule has 0 bridgehead atoms. The molecule has 2 heterocycles. The van der Waals surface area contributed by atoms with Crippen LogP contribution in [0.15, 0.2) is 29.2 Å². The number of carbonyl (C=O) groups excluding carboxylic acids is 2. The molecular weight excluding hydrogens is 442 g/mol. The molecule has 0 spiro atoms. The van der Waals surface area contributed by atoms with Crippen molar-refractivity contribution in [2.24, 2.45) is 5.73 Å². The first-order valence-electron chi connectivity index (χ1n) is 9.75. The van der Waals surface area contributed by atoms with Crippen molar-refractivity contribution in [3.05, 3.63) is 40.3 Å². The van der Waals surface area contributed by atoms with E-state index in [0.717, 1.165) is 53.6 Å². The Balaban J connectivity index is 0.00000320. The van der Waals surface area contributed by atoms with Crippen molar-refractivity contribution in [1.29, 1.82) is 0 Å². The van der Waals surface area contributed by atoms with Crippen LogP contribution >= 0.6 is 35.5 Å². The molecule has 0 unspecified atom stereocenters. The normalized spacial score (nSPS) is 13.3. The number of thiophene rings is 1. The van der Waals surface area contributed by atoms with Crippen molar-refractivity contribution < 1.29 is 14.3 Å². The third-order valence-corrected chi connectivity index (χ3v) is 6.98. The molecule has 3 N–H and O–H groups in total. The molecule has 0 saturated carbocycles. The van der Waals surface area contributed by atoms with Crippen molar-refractivity contribution in [2.75, 3.05) is 31.3 Å². The van der Waals surface area contributed by atoms with Gasteiger partial charge in [-0.05, 0) is 49.2 Å². The Hall–Kier alpha value is -1.74. The molecule has 30 heavy (non-hydrogen) atoms. The Morgan fingerprint density at radius 1 is 1.30 bits per heavy atom. The van der Waals surface area contributed by atoms with Gasteiger partial charge in [0.15, 0.2) is 0 Å². The predicted octanol–water partition coefficient (Wildman–Crippen LogP) is 4.17. The van der Waals surface area contributed by atoms with Crippen molar-refractivity contribution in [3.8, 4) is 5.75 Å². The van der Waals surface area contributed by atoms with Gasteiger partial charge in [0.05, 0.1) is 12.7 Å². The summed E-state index contributed by atoms with van der Waals surface area (Å²) >= 11 is 3.10. The Morgan fingerprint density at radius 2 is 2.03 bits per heavy atom. The molecular formula is C21H28ClN3O3S2. The van der Waals surface area contributed by atoms with E-state index in [0.29, 0.717) is 22.7 Å². The van der Waals surface area contributed by atoms with Gasteiger partial charge < -0.3 is 15.8 Å². The van der Waals surface area contributed by atoms with Crippen LogP contribution in [0.2, 0.25) is 0 Å². The second-order valence-corrected chi connectivity index (χ2v) is 9.19. The van der Waals surface area contributed by atoms with E-state index in [4.69, 9.17) is 10.5 Å². The summed E-state index contributed by atoms with van der Waals surface area (Å²) in [5.74, 6) is 0.900. The summed E-state index contributed by atoms with van der Waals surface area (Å²) < 4.78 is 5.15. The molecule has 9 heteroatoms. The molecule has 0 fully saturated rings. The van der Waals surface area contributed by atoms with Crippen LogP contribution in [-0.4, -0.2) is 42.7 Å². The molecule has 0 radical (unpaired) electrons. The molecule has 0 aliphatic carbocycles. The molecule has 0 saturated heterocycles. The van der Waals surface area contributed by atoms with Crippen LogP contribution in [-0.2, 0) is 17.8 Å². The fraction of sp³-hybridized carbons (Fsp3) is 0.429. The number of anilines is 1. The van der Waals surface area contributed by atoms with Gasteiger partial charge >= 0.3 is 0 Å². The van der Waals surface area contributed by atoms with Crippen LogP contribution in [0.25, 0.3) is 0 Å². The van der Waals surface area contributed by atoms with Gasteiger partial charge in [-0.2, -0.15) is 0 Å². The zero-order chi connectivity index (χ0) is 20.8. The van der Waals surface area contributed by atoms with Crippen molar-refractivity contribution in [3.63, 3.8) is 0 Å². The van der Waals surface area contributed by atoms with Crippen LogP contribution in [0.4, 0.5) is 5.00 Å². The number of benzene rings is 1. The molecule has 2 amide bonds. The molecule has 1 aromatic heterocycles. The van der Waals surface area contributed by atoms with Gasteiger partial charge in [0, 0.05) is 35.0 Å². The van der Waals surface area contributed by atoms with Crippen molar-refractivity contribution in [2.45, 2.75) is 37.6 Å². The number of fused-ring (bicyclic) bond motifs is 1. The van der Waals surface area contributed by atoms with Crippen LogP contribution in [0.1, 0.15) is 40.6 Å². The van der Waals surface area contributed by atoms with Gasteiger partial charge in [-0.15, -0.1) is 35.5 Å². The first-order chi connectivity index (χ1) is 14.0. The van der Waals surface area contributed by atoms with Crippen LogP contribution < -0.4 is 15.8 Å². The lowest BCUT2D eigenvalue weighted by atomic mass is 10.0. The first kappa shape index (κ1) is 24.5. The number of amides is 2. The lowest BCUT2D eigenvalue weighted by molar-refractivity contribution is -0.115. The lowest BCUT2D eigenvalue weighted by Crippen LogP contribution is -2.31. The van der Waals surface area contributed by atoms with E-state index in [9.17, 15) is 9.59 Å². The number of carbonyl (C=O) groups is 2. The Morgan fingerprint density at radius 3 is 2.67 bits per heavy atom. The minimum atomic E-state index is -0.464. The number of halogens is 1. The van der Waals surface area contributed by atoms with Gasteiger partial charge in [-0.1, -0.05) is 6.92 Å². The monoisotopic (exact) mass is 469 g/mol. The highest BCUT2D eigenvalue weighted by Crippen LogP contribution is 2.37. The van der Waals surface area contributed by atoms with E-state index in [-0.39, 0.29) is 18.3 Å². The van der Waals surface area contributed by atoms with Gasteiger partial charge in [-0.25, -0.2) is 0 Å². The number of rotatable bonds is 9. The number of primary amides is 1. The van der Waals surface area contributed by atoms with E-state index in [2.05, 4.69) is 17.1 Å². The minimum Gasteiger partial charge on any atom is -0.497 e. The Bertz CT molecular complexity index is 871. The fourth-order valence-electron chi connectivity index (χ4n) is 3.43. The average molecular weight is 470 g/mol. The highest BCUT2D eigenvalue weighted by Gasteiger charge is 2.27. The summed E-state index contributed by atoms with van der Waals surface area (Å²) in [5.41, 5.74) is 7.15. The maximum absolute atomic E-state index is 12.5. The SMILES string of the molecule is CCCN1CCc2c(sc(NC(=O)CCSc3ccc(OC)cc3)c2C(N)=O)C1.Cl. The zero-order valence-electron chi connectivity index (χ0n) is 17.2. The lowest BCUT2D eigenvalue weighted by Gasteiger charge is -2.26. The quantitative estimate of drug-likeness (QED) is 0.538. The van der Waals surface area contributed by atoms with Crippen molar-refractivity contribution >= 4 is 52.3 Å². The van der Waals surface area contributed by atoms with Gasteiger partial charge in [0.2, 0.25) is 5.91 Å². The number of nitrogens with two attached hydrogens (primary N) is 1. The molecule has 1 aliphatic heterocycles. The summed E-state index contributed by atoms with van der Waals surface area (Å²) in [6.45, 7) is 4.93. The number of hydrogen-bond acceptors (Lipinski definition) is 6. The third-order valence-electron chi connectivity index (χ3n) is 4.83. The molecule has 2 aromatic rings. The van der Waals surface area contributed by atoms with E-state index in [1.807, 2.05) is 24.3 Å². The van der Waals surface area contributed by atoms with Gasteiger partial charge in [-0.3, -0.25) is 14.5 Å². The summed E-state index contributed by atoms with van der Waals surface area (Å²) in [7, 11) is 1.64. The van der Waals surface area contributed by atoms with E-state index >= 15 is 0 Å².